The van der Waals surface area contributed by atoms with Crippen molar-refractivity contribution < 1.29 is 58.9 Å². The van der Waals surface area contributed by atoms with Crippen molar-refractivity contribution in [1.29, 1.82) is 0 Å². The van der Waals surface area contributed by atoms with Crippen molar-refractivity contribution in [2.24, 2.45) is 0 Å². The first-order valence-electron chi connectivity index (χ1n) is 30.2. The first kappa shape index (κ1) is 69.4. The Morgan fingerprint density at radius 3 is 0.616 bits per heavy atom. The maximum absolute atomic E-state index is 4.49. The first-order valence-corrected chi connectivity index (χ1v) is 32.2. The largest absolute Gasteiger partial charge is 4.00 e. The fourth-order valence-corrected chi connectivity index (χ4v) is 20.8. The van der Waals surface area contributed by atoms with Crippen molar-refractivity contribution in [3.63, 3.8) is 0 Å². The third kappa shape index (κ3) is 13.8. The van der Waals surface area contributed by atoms with E-state index in [0.29, 0.717) is 0 Å². The number of hydrogen-bond donors (Lipinski definition) is 0. The smallest absolute Gasteiger partial charge is 1.00 e. The second-order valence-electron chi connectivity index (χ2n) is 25.3. The molecule has 0 spiro atoms. The molecule has 9 aromatic rings. The van der Waals surface area contributed by atoms with Crippen LogP contribution in [0.5, 0.6) is 0 Å². The van der Waals surface area contributed by atoms with Gasteiger partial charge in [-0.25, -0.2) is 5.57 Å². The number of rotatable bonds is 16. The topological polar surface area (TPSA) is 0 Å². The zero-order chi connectivity index (χ0) is 58.4. The average Bonchev–Trinajstić information content (AvgIpc) is 1.26. The predicted octanol–water partition coefficient (Wildman–Crippen LogP) is 9.27. The summed E-state index contributed by atoms with van der Waals surface area (Å²) in [5.74, 6) is 0. The molecule has 0 radical (unpaired) electrons. The molecular formula is C81H87Cl3SiTi. The third-order valence-corrected chi connectivity index (χ3v) is 25.1. The van der Waals surface area contributed by atoms with Gasteiger partial charge in [-0.1, -0.05) is 190 Å². The van der Waals surface area contributed by atoms with Crippen LogP contribution >= 0.6 is 0 Å². The number of allylic oxidation sites excluding steroid dienone is 4. The first-order chi connectivity index (χ1) is 39.1. The molecule has 10 rings (SSSR count). The van der Waals surface area contributed by atoms with Crippen molar-refractivity contribution in [3.8, 4) is 0 Å². The SMILES string of the molecule is CC1=[C-]C(C)([Si](c2cc(Cc3c(C)cccc3C)cc(Cc3c(C)cccc3C)c2)(c2cc(Cc3c(C)cccc3C)cc(Cc3c(C)cccc3C)c2)c2cc(Cc3c(C)cccc3C)cc(Cc3c(C)cccc3C)c2)C(C)=C1C.[Cl-].[Cl-].[Cl-].[Ti+4]. The quantitative estimate of drug-likeness (QED) is 0.0515. The van der Waals surface area contributed by atoms with Crippen LogP contribution in [0.25, 0.3) is 0 Å². The van der Waals surface area contributed by atoms with Crippen molar-refractivity contribution in [2.45, 2.75) is 154 Å². The fraction of sp³-hybridized carbons (Fsp3) is 0.284. The van der Waals surface area contributed by atoms with E-state index in [1.807, 2.05) is 0 Å². The van der Waals surface area contributed by atoms with E-state index in [4.69, 9.17) is 0 Å². The summed E-state index contributed by atoms with van der Waals surface area (Å²) in [5, 5.41) is 3.87. The predicted molar refractivity (Wildman–Crippen MR) is 355 cm³/mol. The van der Waals surface area contributed by atoms with E-state index in [0.717, 1.165) is 38.5 Å². The van der Waals surface area contributed by atoms with Crippen molar-refractivity contribution in [3.05, 3.63) is 320 Å². The monoisotopic (exact) mass is 1240 g/mol. The number of halogens is 3. The average molecular weight is 1240 g/mol. The molecule has 0 nitrogen and oxygen atoms in total. The van der Waals surface area contributed by atoms with Crippen LogP contribution in [-0.2, 0) is 60.2 Å². The van der Waals surface area contributed by atoms with Gasteiger partial charge in [-0.3, -0.25) is 6.08 Å². The van der Waals surface area contributed by atoms with Crippen LogP contribution < -0.4 is 52.8 Å². The summed E-state index contributed by atoms with van der Waals surface area (Å²) < 4.78 is 0. The van der Waals surface area contributed by atoms with Gasteiger partial charge in [0.15, 0.2) is 0 Å². The number of aryl methyl sites for hydroxylation is 12. The summed E-state index contributed by atoms with van der Waals surface area (Å²) in [7, 11) is -3.51. The van der Waals surface area contributed by atoms with E-state index in [1.165, 1.54) is 166 Å². The maximum atomic E-state index is 4.49. The van der Waals surface area contributed by atoms with Crippen LogP contribution in [0.2, 0.25) is 5.04 Å². The molecule has 86 heavy (non-hydrogen) atoms. The van der Waals surface area contributed by atoms with Crippen molar-refractivity contribution >= 4 is 23.6 Å². The Bertz CT molecular complexity index is 3320. The molecule has 0 aromatic heterocycles. The van der Waals surface area contributed by atoms with E-state index in [1.54, 1.807) is 0 Å². The summed E-state index contributed by atoms with van der Waals surface area (Å²) in [6, 6.07) is 65.0. The normalized spacial score (nSPS) is 13.8. The summed E-state index contributed by atoms with van der Waals surface area (Å²) in [6.45, 7) is 37.5. The third-order valence-electron chi connectivity index (χ3n) is 19.7. The van der Waals surface area contributed by atoms with Crippen LogP contribution in [-0.4, -0.2) is 8.07 Å². The van der Waals surface area contributed by atoms with Gasteiger partial charge in [0.1, 0.15) is 8.07 Å². The summed E-state index contributed by atoms with van der Waals surface area (Å²) in [4.78, 5) is 0. The zero-order valence-corrected chi connectivity index (χ0v) is 58.8. The minimum atomic E-state index is -3.51. The van der Waals surface area contributed by atoms with Crippen molar-refractivity contribution in [2.75, 3.05) is 0 Å². The molecule has 0 saturated heterocycles. The Balaban J connectivity index is 0.00000296. The molecule has 5 heteroatoms. The minimum absolute atomic E-state index is 0. The molecule has 440 valence electrons. The molecule has 1 atom stereocenters. The van der Waals surface area contributed by atoms with E-state index in [9.17, 15) is 0 Å². The van der Waals surface area contributed by atoms with E-state index >= 15 is 0 Å². The van der Waals surface area contributed by atoms with Crippen LogP contribution in [0.1, 0.15) is 161 Å². The van der Waals surface area contributed by atoms with Crippen LogP contribution in [0.3, 0.4) is 0 Å². The Labute approximate surface area is 552 Å². The van der Waals surface area contributed by atoms with Gasteiger partial charge in [-0.2, -0.15) is 11.1 Å². The Kier molecular flexibility index (Phi) is 23.1. The Hall–Kier alpha value is -5.74. The van der Waals surface area contributed by atoms with E-state index < -0.39 is 13.1 Å². The van der Waals surface area contributed by atoms with Gasteiger partial charge < -0.3 is 37.2 Å². The molecule has 0 heterocycles. The van der Waals surface area contributed by atoms with Crippen LogP contribution in [0.15, 0.2) is 181 Å². The van der Waals surface area contributed by atoms with Crippen molar-refractivity contribution in [1.82, 2.24) is 0 Å². The molecule has 0 fully saturated rings. The van der Waals surface area contributed by atoms with Gasteiger partial charge in [0.05, 0.1) is 0 Å². The summed E-state index contributed by atoms with van der Waals surface area (Å²) >= 11 is 0. The molecule has 0 bridgehead atoms. The minimum Gasteiger partial charge on any atom is -1.00 e. The number of hydrogen-bond acceptors (Lipinski definition) is 0. The molecular weight excluding hydrogens is 1160 g/mol. The molecule has 1 aliphatic rings. The zero-order valence-electron chi connectivity index (χ0n) is 54.0. The molecule has 1 unspecified atom stereocenters. The van der Waals surface area contributed by atoms with Gasteiger partial charge in [0.25, 0.3) is 0 Å². The Morgan fingerprint density at radius 1 is 0.291 bits per heavy atom. The Morgan fingerprint density at radius 2 is 0.465 bits per heavy atom. The summed E-state index contributed by atoms with van der Waals surface area (Å²) in [5.41, 5.74) is 37.0. The molecule has 0 saturated carbocycles. The van der Waals surface area contributed by atoms with E-state index in [-0.39, 0.29) is 58.9 Å². The van der Waals surface area contributed by atoms with Gasteiger partial charge in [0.2, 0.25) is 0 Å². The molecule has 1 aliphatic carbocycles. The van der Waals surface area contributed by atoms with Gasteiger partial charge in [0, 0.05) is 0 Å². The van der Waals surface area contributed by atoms with Gasteiger partial charge in [-0.05, 0) is 271 Å². The standard InChI is InChI=1S/C81H87Si.3ClH.Ti/c1-51-23-17-24-52(2)75(51)44-66-35-67(45-76-53(3)25-18-26-54(76)4)39-72(38-66)82(81(16)50-63(13)64(14)65(81)15,73-40-68(46-77-55(5)27-19-28-56(77)6)36-69(41-73)47-78-57(7)29-20-30-58(78)8)74-42-70(48-79-59(9)31-21-32-60(79)10)37-71(43-74)49-80-61(11)33-22-34-62(80)12;;;;/h17-43H,44-49H2,1-16H3;3*1H;/q-1;;;;+4/p-3. The van der Waals surface area contributed by atoms with Gasteiger partial charge >= 0.3 is 21.7 Å². The van der Waals surface area contributed by atoms with Crippen LogP contribution in [0, 0.1) is 89.2 Å². The second-order valence-corrected chi connectivity index (χ2v) is 29.5. The fourth-order valence-electron chi connectivity index (χ4n) is 14.5. The molecule has 0 amide bonds. The number of benzene rings is 9. The second kappa shape index (κ2) is 28.6. The van der Waals surface area contributed by atoms with E-state index in [2.05, 4.69) is 281 Å². The summed E-state index contributed by atoms with van der Waals surface area (Å²) in [6.07, 6.45) is 9.63. The van der Waals surface area contributed by atoms with Crippen LogP contribution in [0.4, 0.5) is 0 Å². The van der Waals surface area contributed by atoms with Gasteiger partial charge in [-0.15, -0.1) is 6.92 Å². The molecule has 0 N–H and O–H groups in total. The molecule has 9 aromatic carbocycles. The maximum Gasteiger partial charge on any atom is 4.00 e. The molecule has 0 aliphatic heterocycles.